The van der Waals surface area contributed by atoms with Gasteiger partial charge in [0.15, 0.2) is 0 Å². The molecule has 4 aromatic carbocycles. The number of aryl methyl sites for hydroxylation is 2. The molecule has 0 spiro atoms. The standard InChI is InChI=1S/C38H49NO3S2Si/c1-27(2)45(28(3)4,29(5)6)42-37(35-17-13-14-18-36(35)43(40)33-23-19-30(7)20-24-33)38(9,32-15-11-10-12-16-32)39-44(41)34-25-21-31(8)22-26-34/h10-29,37,39H,1-9H3/t37-,38+,43?,44?/m0/s1. The minimum Gasteiger partial charge on any atom is -0.407 e. The molecule has 240 valence electrons. The lowest BCUT2D eigenvalue weighted by atomic mass is 9.84. The second kappa shape index (κ2) is 14.8. The van der Waals surface area contributed by atoms with E-state index in [-0.39, 0.29) is 0 Å². The van der Waals surface area contributed by atoms with Crippen molar-refractivity contribution in [2.75, 3.05) is 0 Å². The van der Waals surface area contributed by atoms with Crippen LogP contribution in [0.5, 0.6) is 0 Å². The van der Waals surface area contributed by atoms with Gasteiger partial charge in [-0.05, 0) is 78.9 Å². The Labute approximate surface area is 277 Å². The first-order valence-corrected chi connectivity index (χ1v) is 20.3. The van der Waals surface area contributed by atoms with E-state index in [0.29, 0.717) is 26.4 Å². The fraction of sp³-hybridized carbons (Fsp3) is 0.368. The van der Waals surface area contributed by atoms with Crippen molar-refractivity contribution in [2.45, 2.75) is 105 Å². The molecule has 1 N–H and O–H groups in total. The largest absolute Gasteiger partial charge is 0.407 e. The molecule has 7 heteroatoms. The van der Waals surface area contributed by atoms with E-state index in [1.807, 2.05) is 105 Å². The SMILES string of the molecule is Cc1ccc(S(=O)N[C@](C)(c2ccccc2)[C@@H](O[Si](C(C)C)(C(C)C)C(C)C)c2ccccc2S(=O)c2ccc(C)cc2)cc1. The van der Waals surface area contributed by atoms with Crippen molar-refractivity contribution in [2.24, 2.45) is 0 Å². The summed E-state index contributed by atoms with van der Waals surface area (Å²) in [6, 6.07) is 33.7. The van der Waals surface area contributed by atoms with Crippen LogP contribution >= 0.6 is 0 Å². The summed E-state index contributed by atoms with van der Waals surface area (Å²) in [6.45, 7) is 19.8. The molecule has 0 bridgehead atoms. The normalized spacial score (nSPS) is 15.6. The third-order valence-corrected chi connectivity index (χ3v) is 17.9. The number of benzene rings is 4. The minimum absolute atomic E-state index is 0.303. The van der Waals surface area contributed by atoms with Gasteiger partial charge >= 0.3 is 0 Å². The molecule has 2 unspecified atom stereocenters. The Balaban J connectivity index is 2.00. The molecule has 4 nitrogen and oxygen atoms in total. The van der Waals surface area contributed by atoms with Gasteiger partial charge in [0.05, 0.1) is 27.3 Å². The zero-order chi connectivity index (χ0) is 32.9. The second-order valence-corrected chi connectivity index (χ2v) is 21.3. The highest BCUT2D eigenvalue weighted by atomic mass is 32.2. The molecule has 4 atom stereocenters. The van der Waals surface area contributed by atoms with E-state index < -0.39 is 41.7 Å². The van der Waals surface area contributed by atoms with Gasteiger partial charge in [-0.25, -0.2) is 13.1 Å². The van der Waals surface area contributed by atoms with Crippen LogP contribution in [0.25, 0.3) is 0 Å². The van der Waals surface area contributed by atoms with Gasteiger partial charge in [0, 0.05) is 9.79 Å². The fourth-order valence-electron chi connectivity index (χ4n) is 6.72. The third kappa shape index (κ3) is 7.49. The molecule has 0 saturated carbocycles. The van der Waals surface area contributed by atoms with Gasteiger partial charge in [0.25, 0.3) is 0 Å². The molecular weight excluding hydrogens is 611 g/mol. The molecule has 45 heavy (non-hydrogen) atoms. The molecule has 0 saturated heterocycles. The van der Waals surface area contributed by atoms with Crippen LogP contribution in [-0.4, -0.2) is 16.7 Å². The van der Waals surface area contributed by atoms with Gasteiger partial charge in [-0.15, -0.1) is 0 Å². The van der Waals surface area contributed by atoms with E-state index in [2.05, 4.69) is 65.3 Å². The van der Waals surface area contributed by atoms with E-state index in [1.165, 1.54) is 0 Å². The van der Waals surface area contributed by atoms with Crippen molar-refractivity contribution in [3.05, 3.63) is 125 Å². The quantitative estimate of drug-likeness (QED) is 0.145. The minimum atomic E-state index is -2.54. The monoisotopic (exact) mass is 659 g/mol. The Bertz CT molecular complexity index is 1580. The summed E-state index contributed by atoms with van der Waals surface area (Å²) in [5, 5.41) is 0. The molecule has 0 heterocycles. The summed E-state index contributed by atoms with van der Waals surface area (Å²) < 4.78 is 39.9. The van der Waals surface area contributed by atoms with Crippen LogP contribution in [-0.2, 0) is 31.8 Å². The molecule has 0 aromatic heterocycles. The number of rotatable bonds is 13. The maximum absolute atomic E-state index is 14.4. The van der Waals surface area contributed by atoms with E-state index in [9.17, 15) is 8.42 Å². The maximum Gasteiger partial charge on any atom is 0.201 e. The van der Waals surface area contributed by atoms with Crippen molar-refractivity contribution < 1.29 is 12.8 Å². The Hall–Kier alpha value is -2.68. The summed E-state index contributed by atoms with van der Waals surface area (Å²) in [5.41, 5.74) is 3.97. The van der Waals surface area contributed by atoms with Crippen LogP contribution in [0.4, 0.5) is 0 Å². The van der Waals surface area contributed by atoms with Crippen molar-refractivity contribution in [3.8, 4) is 0 Å². The van der Waals surface area contributed by atoms with Gasteiger partial charge in [0.1, 0.15) is 11.0 Å². The third-order valence-electron chi connectivity index (χ3n) is 9.10. The maximum atomic E-state index is 14.4. The van der Waals surface area contributed by atoms with E-state index >= 15 is 0 Å². The molecule has 0 aliphatic carbocycles. The van der Waals surface area contributed by atoms with Crippen LogP contribution in [0.1, 0.15) is 76.8 Å². The van der Waals surface area contributed by atoms with E-state index in [4.69, 9.17) is 4.43 Å². The van der Waals surface area contributed by atoms with Crippen molar-refractivity contribution in [1.82, 2.24) is 4.72 Å². The average Bonchev–Trinajstić information content (AvgIpc) is 3.01. The van der Waals surface area contributed by atoms with E-state index in [0.717, 1.165) is 27.1 Å². The summed E-state index contributed by atoms with van der Waals surface area (Å²) in [4.78, 5) is 2.14. The van der Waals surface area contributed by atoms with Crippen LogP contribution in [0.2, 0.25) is 16.6 Å². The predicted molar refractivity (Wildman–Crippen MR) is 192 cm³/mol. The topological polar surface area (TPSA) is 55.4 Å². The van der Waals surface area contributed by atoms with Gasteiger partial charge in [-0.2, -0.15) is 0 Å². The van der Waals surface area contributed by atoms with Gasteiger partial charge in [-0.3, -0.25) is 0 Å². The molecule has 4 aromatic rings. The molecule has 0 fully saturated rings. The molecular formula is C38H49NO3S2Si. The van der Waals surface area contributed by atoms with E-state index in [1.54, 1.807) is 0 Å². The summed E-state index contributed by atoms with van der Waals surface area (Å²) in [7, 11) is -5.56. The lowest BCUT2D eigenvalue weighted by Crippen LogP contribution is -2.55. The first-order chi connectivity index (χ1) is 21.3. The van der Waals surface area contributed by atoms with Gasteiger partial charge in [0.2, 0.25) is 8.32 Å². The molecule has 0 amide bonds. The summed E-state index contributed by atoms with van der Waals surface area (Å²) in [6.07, 6.45) is -0.598. The van der Waals surface area contributed by atoms with Crippen LogP contribution in [0.3, 0.4) is 0 Å². The Kier molecular flexibility index (Phi) is 11.6. The highest BCUT2D eigenvalue weighted by Crippen LogP contribution is 2.50. The van der Waals surface area contributed by atoms with Crippen molar-refractivity contribution >= 4 is 30.1 Å². The molecule has 4 rings (SSSR count). The predicted octanol–water partition coefficient (Wildman–Crippen LogP) is 9.93. The van der Waals surface area contributed by atoms with Crippen LogP contribution in [0.15, 0.2) is 118 Å². The number of hydrogen-bond acceptors (Lipinski definition) is 3. The summed E-state index contributed by atoms with van der Waals surface area (Å²) >= 11 is 0. The number of hydrogen-bond donors (Lipinski definition) is 1. The Morgan fingerprint density at radius 1 is 0.644 bits per heavy atom. The Morgan fingerprint density at radius 3 is 1.62 bits per heavy atom. The van der Waals surface area contributed by atoms with Crippen LogP contribution < -0.4 is 4.72 Å². The highest BCUT2D eigenvalue weighted by molar-refractivity contribution is 7.85. The average molecular weight is 660 g/mol. The zero-order valence-electron chi connectivity index (χ0n) is 28.2. The van der Waals surface area contributed by atoms with Gasteiger partial charge in [-0.1, -0.05) is 125 Å². The van der Waals surface area contributed by atoms with Crippen LogP contribution in [0, 0.1) is 13.8 Å². The van der Waals surface area contributed by atoms with Gasteiger partial charge < -0.3 is 4.43 Å². The summed E-state index contributed by atoms with van der Waals surface area (Å²) in [5.74, 6) is 0. The van der Waals surface area contributed by atoms with Crippen molar-refractivity contribution in [3.63, 3.8) is 0 Å². The molecule has 0 radical (unpaired) electrons. The fourth-order valence-corrected chi connectivity index (χ4v) is 14.6. The first kappa shape index (κ1) is 35.2. The second-order valence-electron chi connectivity index (χ2n) is 13.2. The lowest BCUT2D eigenvalue weighted by molar-refractivity contribution is 0.0858. The Morgan fingerprint density at radius 2 is 1.11 bits per heavy atom. The lowest BCUT2D eigenvalue weighted by Gasteiger charge is -2.49. The first-order valence-electron chi connectivity index (χ1n) is 15.9. The molecule has 0 aliphatic rings. The highest BCUT2D eigenvalue weighted by Gasteiger charge is 2.51. The smallest absolute Gasteiger partial charge is 0.201 e. The van der Waals surface area contributed by atoms with Crippen molar-refractivity contribution in [1.29, 1.82) is 0 Å². The zero-order valence-corrected chi connectivity index (χ0v) is 30.8. The number of nitrogens with one attached hydrogen (secondary N) is 1. The molecule has 0 aliphatic heterocycles.